The highest BCUT2D eigenvalue weighted by molar-refractivity contribution is 7.79. The van der Waals surface area contributed by atoms with E-state index in [2.05, 4.69) is 5.10 Å². The number of hydrogen-bond donors (Lipinski definition) is 1. The van der Waals surface area contributed by atoms with Gasteiger partial charge >= 0.3 is 0 Å². The zero-order chi connectivity index (χ0) is 21.7. The number of carbonyl (C=O) groups excluding carboxylic acids is 1. The number of H-pyrrole nitrogens is 1. The Bertz CT molecular complexity index is 1130. The van der Waals surface area contributed by atoms with Gasteiger partial charge in [0, 0.05) is 29.5 Å². The van der Waals surface area contributed by atoms with Crippen LogP contribution < -0.4 is 5.56 Å². The SMILES string of the molecule is Cc1c(C(=O)c2c(C3CC3)[nH]n(C)c2=O)ccc(CS(=O)[O-])c1C(C1CC1)S(=O)[O-]. The molecule has 2 fully saturated rings. The summed E-state index contributed by atoms with van der Waals surface area (Å²) >= 11 is -4.87. The number of aromatic amines is 1. The summed E-state index contributed by atoms with van der Waals surface area (Å²) in [6.45, 7) is 1.63. The molecule has 2 aliphatic rings. The minimum absolute atomic E-state index is 0.0837. The summed E-state index contributed by atoms with van der Waals surface area (Å²) in [6.07, 6.45) is 3.27. The predicted octanol–water partition coefficient (Wildman–Crippen LogP) is 1.84. The van der Waals surface area contributed by atoms with Gasteiger partial charge in [-0.25, -0.2) is 0 Å². The van der Waals surface area contributed by atoms with Crippen molar-refractivity contribution in [1.82, 2.24) is 9.78 Å². The lowest BCUT2D eigenvalue weighted by atomic mass is 9.89. The highest BCUT2D eigenvalue weighted by Gasteiger charge is 2.37. The Balaban J connectivity index is 1.87. The van der Waals surface area contributed by atoms with Crippen molar-refractivity contribution in [1.29, 1.82) is 0 Å². The molecule has 8 nitrogen and oxygen atoms in total. The molecule has 3 unspecified atom stereocenters. The molecule has 1 N–H and O–H groups in total. The second kappa shape index (κ2) is 7.99. The van der Waals surface area contributed by atoms with Crippen molar-refractivity contribution in [2.75, 3.05) is 0 Å². The van der Waals surface area contributed by atoms with Gasteiger partial charge in [-0.3, -0.25) is 27.8 Å². The quantitative estimate of drug-likeness (QED) is 0.481. The maximum atomic E-state index is 13.4. The molecule has 30 heavy (non-hydrogen) atoms. The normalized spacial score (nSPS) is 19.5. The number of nitrogens with zero attached hydrogens (tertiary/aromatic N) is 1. The number of hydrogen-bond acceptors (Lipinski definition) is 6. The fourth-order valence-electron chi connectivity index (χ4n) is 4.16. The molecule has 2 aliphatic carbocycles. The summed E-state index contributed by atoms with van der Waals surface area (Å²) in [5.41, 5.74) is 1.70. The Morgan fingerprint density at radius 3 is 2.43 bits per heavy atom. The third-order valence-electron chi connectivity index (χ3n) is 5.95. The van der Waals surface area contributed by atoms with Crippen LogP contribution in [0.15, 0.2) is 16.9 Å². The molecule has 0 aliphatic heterocycles. The molecule has 0 amide bonds. The number of aryl methyl sites for hydroxylation is 1. The van der Waals surface area contributed by atoms with E-state index in [1.807, 2.05) is 0 Å². The van der Waals surface area contributed by atoms with Crippen LogP contribution in [0.25, 0.3) is 0 Å². The summed E-state index contributed by atoms with van der Waals surface area (Å²) < 4.78 is 48.1. The van der Waals surface area contributed by atoms with Crippen molar-refractivity contribution in [3.05, 3.63) is 56.0 Å². The van der Waals surface area contributed by atoms with E-state index in [-0.39, 0.29) is 28.7 Å². The zero-order valence-electron chi connectivity index (χ0n) is 16.6. The second-order valence-corrected chi connectivity index (χ2v) is 10.1. The third kappa shape index (κ3) is 3.89. The van der Waals surface area contributed by atoms with Crippen LogP contribution in [-0.2, 0) is 35.0 Å². The van der Waals surface area contributed by atoms with Gasteiger partial charge in [0.2, 0.25) is 5.78 Å². The first-order valence-electron chi connectivity index (χ1n) is 9.80. The molecular weight excluding hydrogens is 428 g/mol. The van der Waals surface area contributed by atoms with Crippen molar-refractivity contribution in [3.8, 4) is 0 Å². The van der Waals surface area contributed by atoms with E-state index in [1.54, 1.807) is 14.0 Å². The van der Waals surface area contributed by atoms with Gasteiger partial charge in [-0.05, 0) is 66.3 Å². The Morgan fingerprint density at radius 1 is 1.23 bits per heavy atom. The van der Waals surface area contributed by atoms with Gasteiger partial charge in [0.25, 0.3) is 5.56 Å². The van der Waals surface area contributed by atoms with Crippen molar-refractivity contribution in [2.45, 2.75) is 49.5 Å². The van der Waals surface area contributed by atoms with Crippen LogP contribution in [0.1, 0.15) is 75.2 Å². The number of ketones is 1. The van der Waals surface area contributed by atoms with Crippen LogP contribution in [-0.4, -0.2) is 33.1 Å². The first-order chi connectivity index (χ1) is 14.2. The number of rotatable bonds is 8. The van der Waals surface area contributed by atoms with Gasteiger partial charge in [0.15, 0.2) is 0 Å². The van der Waals surface area contributed by atoms with E-state index < -0.39 is 38.8 Å². The Morgan fingerprint density at radius 2 is 1.90 bits per heavy atom. The van der Waals surface area contributed by atoms with E-state index in [9.17, 15) is 27.1 Å². The van der Waals surface area contributed by atoms with Gasteiger partial charge < -0.3 is 9.11 Å². The molecule has 10 heteroatoms. The average molecular weight is 451 g/mol. The van der Waals surface area contributed by atoms with Crippen LogP contribution >= 0.6 is 0 Å². The van der Waals surface area contributed by atoms with Crippen LogP contribution in [0.2, 0.25) is 0 Å². The lowest BCUT2D eigenvalue weighted by Gasteiger charge is -2.26. The van der Waals surface area contributed by atoms with E-state index >= 15 is 0 Å². The lowest BCUT2D eigenvalue weighted by Crippen LogP contribution is -2.22. The van der Waals surface area contributed by atoms with Gasteiger partial charge in [-0.2, -0.15) is 0 Å². The maximum absolute atomic E-state index is 13.4. The highest BCUT2D eigenvalue weighted by Crippen LogP contribution is 2.47. The monoisotopic (exact) mass is 450 g/mol. The van der Waals surface area contributed by atoms with E-state index in [4.69, 9.17) is 0 Å². The van der Waals surface area contributed by atoms with Crippen molar-refractivity contribution < 1.29 is 22.3 Å². The fraction of sp³-hybridized carbons (Fsp3) is 0.500. The number of carbonyl (C=O) groups is 1. The van der Waals surface area contributed by atoms with Crippen LogP contribution in [0.5, 0.6) is 0 Å². The van der Waals surface area contributed by atoms with Gasteiger partial charge in [-0.1, -0.05) is 23.2 Å². The standard InChI is InChI=1S/C20H24N2O6S2/c1-10-14(18(23)16-17(11-3-4-11)21-22(2)20(16)24)8-7-13(9-29(25)26)15(10)19(30(27)28)12-5-6-12/h7-8,11-12,19,21H,3-6,9H2,1-2H3,(H,25,26)(H,27,28)/p-2. The Labute approximate surface area is 178 Å². The van der Waals surface area contributed by atoms with Crippen LogP contribution in [0.4, 0.5) is 0 Å². The summed E-state index contributed by atoms with van der Waals surface area (Å²) in [6, 6.07) is 3.01. The number of nitrogens with one attached hydrogen (secondary N) is 1. The van der Waals surface area contributed by atoms with Gasteiger partial charge in [0.1, 0.15) is 5.56 Å². The first-order valence-corrected chi connectivity index (χ1v) is 12.2. The molecule has 2 aromatic rings. The molecule has 162 valence electrons. The first kappa shape index (κ1) is 21.4. The summed E-state index contributed by atoms with van der Waals surface area (Å²) in [4.78, 5) is 26.0. The topological polar surface area (TPSA) is 135 Å². The maximum Gasteiger partial charge on any atom is 0.277 e. The van der Waals surface area contributed by atoms with Gasteiger partial charge in [0.05, 0.1) is 5.69 Å². The van der Waals surface area contributed by atoms with E-state index in [1.165, 1.54) is 16.8 Å². The Kier molecular flexibility index (Phi) is 5.69. The highest BCUT2D eigenvalue weighted by atomic mass is 32.2. The predicted molar refractivity (Wildman–Crippen MR) is 110 cm³/mol. The summed E-state index contributed by atoms with van der Waals surface area (Å²) in [7, 11) is 1.56. The molecule has 3 atom stereocenters. The average Bonchev–Trinajstić information content (AvgIpc) is 3.57. The van der Waals surface area contributed by atoms with Crippen LogP contribution in [0.3, 0.4) is 0 Å². The Hall–Kier alpha value is -1.88. The molecule has 1 aromatic heterocycles. The smallest absolute Gasteiger partial charge is 0.277 e. The molecule has 4 rings (SSSR count). The minimum atomic E-state index is -2.46. The second-order valence-electron chi connectivity index (χ2n) is 8.15. The lowest BCUT2D eigenvalue weighted by molar-refractivity contribution is 0.103. The largest absolute Gasteiger partial charge is 0.772 e. The zero-order valence-corrected chi connectivity index (χ0v) is 18.3. The minimum Gasteiger partial charge on any atom is -0.772 e. The van der Waals surface area contributed by atoms with Gasteiger partial charge in [-0.15, -0.1) is 0 Å². The molecule has 2 saturated carbocycles. The molecule has 0 radical (unpaired) electrons. The summed E-state index contributed by atoms with van der Waals surface area (Å²) in [5, 5.41) is 2.10. The van der Waals surface area contributed by atoms with E-state index in [0.29, 0.717) is 22.4 Å². The number of aromatic nitrogens is 2. The molecule has 0 saturated heterocycles. The molecule has 1 heterocycles. The molecule has 0 spiro atoms. The van der Waals surface area contributed by atoms with E-state index in [0.717, 1.165) is 25.7 Å². The molecular formula is C20H22N2O6S2-2. The molecule has 0 bridgehead atoms. The van der Waals surface area contributed by atoms with Crippen molar-refractivity contribution in [3.63, 3.8) is 0 Å². The molecule has 1 aromatic carbocycles. The van der Waals surface area contributed by atoms with Crippen molar-refractivity contribution in [2.24, 2.45) is 13.0 Å². The van der Waals surface area contributed by atoms with Crippen molar-refractivity contribution >= 4 is 27.9 Å². The fourth-order valence-corrected chi connectivity index (χ4v) is 5.77. The third-order valence-corrected chi connectivity index (χ3v) is 7.54. The van der Waals surface area contributed by atoms with Crippen LogP contribution in [0, 0.1) is 12.8 Å². The number of benzene rings is 1. The summed E-state index contributed by atoms with van der Waals surface area (Å²) in [5.74, 6) is -0.732.